The lowest BCUT2D eigenvalue weighted by Crippen LogP contribution is -2.01. The molecule has 14 heavy (non-hydrogen) atoms. The first-order chi connectivity index (χ1) is 6.67. The zero-order chi connectivity index (χ0) is 10.6. The highest BCUT2D eigenvalue weighted by molar-refractivity contribution is 5.70. The lowest BCUT2D eigenvalue weighted by molar-refractivity contribution is -0.164. The van der Waals surface area contributed by atoms with Gasteiger partial charge in [-0.05, 0) is 17.7 Å². The predicted octanol–water partition coefficient (Wildman–Crippen LogP) is 1.02. The van der Waals surface area contributed by atoms with Crippen LogP contribution in [-0.4, -0.2) is 21.6 Å². The molecule has 6 heteroatoms. The first kappa shape index (κ1) is 10.3. The second-order valence-electron chi connectivity index (χ2n) is 2.53. The van der Waals surface area contributed by atoms with Gasteiger partial charge in [-0.2, -0.15) is 0 Å². The van der Waals surface area contributed by atoms with E-state index in [1.807, 2.05) is 0 Å². The SMILES string of the molecule is O=C(O)Cc1ccc(OO)c(OO)c1. The van der Waals surface area contributed by atoms with E-state index in [0.717, 1.165) is 0 Å². The maximum Gasteiger partial charge on any atom is 0.307 e. The summed E-state index contributed by atoms with van der Waals surface area (Å²) in [5, 5.41) is 25.2. The summed E-state index contributed by atoms with van der Waals surface area (Å²) < 4.78 is 0. The highest BCUT2D eigenvalue weighted by atomic mass is 17.1. The first-order valence-electron chi connectivity index (χ1n) is 3.65. The topological polar surface area (TPSA) is 96.2 Å². The largest absolute Gasteiger partial charge is 0.481 e. The van der Waals surface area contributed by atoms with Gasteiger partial charge in [-0.15, -0.1) is 0 Å². The Morgan fingerprint density at radius 1 is 1.21 bits per heavy atom. The molecule has 1 aromatic carbocycles. The number of aliphatic carboxylic acids is 1. The van der Waals surface area contributed by atoms with Crippen molar-refractivity contribution in [2.75, 3.05) is 0 Å². The molecule has 0 heterocycles. The van der Waals surface area contributed by atoms with Crippen LogP contribution >= 0.6 is 0 Å². The quantitative estimate of drug-likeness (QED) is 0.496. The monoisotopic (exact) mass is 200 g/mol. The summed E-state index contributed by atoms with van der Waals surface area (Å²) in [6, 6.07) is 3.96. The van der Waals surface area contributed by atoms with Crippen LogP contribution in [0.15, 0.2) is 18.2 Å². The van der Waals surface area contributed by atoms with Crippen molar-refractivity contribution in [1.82, 2.24) is 0 Å². The summed E-state index contributed by atoms with van der Waals surface area (Å²) in [5.41, 5.74) is 0.419. The van der Waals surface area contributed by atoms with Crippen LogP contribution < -0.4 is 9.78 Å². The summed E-state index contributed by atoms with van der Waals surface area (Å²) >= 11 is 0. The summed E-state index contributed by atoms with van der Waals surface area (Å²) in [5.74, 6) is -1.25. The minimum Gasteiger partial charge on any atom is -0.481 e. The van der Waals surface area contributed by atoms with Crippen LogP contribution in [0.5, 0.6) is 11.5 Å². The molecule has 0 aliphatic rings. The minimum absolute atomic E-state index is 0.0957. The number of carboxylic acids is 1. The molecule has 1 rings (SSSR count). The summed E-state index contributed by atoms with van der Waals surface area (Å²) in [6.45, 7) is 0. The van der Waals surface area contributed by atoms with Crippen LogP contribution in [0.25, 0.3) is 0 Å². The maximum absolute atomic E-state index is 10.3. The Labute approximate surface area is 78.8 Å². The van der Waals surface area contributed by atoms with E-state index in [-0.39, 0.29) is 17.9 Å². The Kier molecular flexibility index (Phi) is 3.27. The lowest BCUT2D eigenvalue weighted by Gasteiger charge is -2.04. The van der Waals surface area contributed by atoms with Gasteiger partial charge in [-0.1, -0.05) is 6.07 Å². The molecule has 0 radical (unpaired) electrons. The zero-order valence-corrected chi connectivity index (χ0v) is 7.01. The third-order valence-corrected chi connectivity index (χ3v) is 1.56. The third-order valence-electron chi connectivity index (χ3n) is 1.56. The molecular weight excluding hydrogens is 192 g/mol. The molecule has 1 aromatic rings. The highest BCUT2D eigenvalue weighted by Crippen LogP contribution is 2.27. The Hall–Kier alpha value is -1.79. The van der Waals surface area contributed by atoms with E-state index in [2.05, 4.69) is 9.78 Å². The van der Waals surface area contributed by atoms with Crippen LogP contribution in [-0.2, 0) is 11.2 Å². The average Bonchev–Trinajstić information content (AvgIpc) is 2.16. The van der Waals surface area contributed by atoms with Crippen LogP contribution in [0.1, 0.15) is 5.56 Å². The molecule has 0 aliphatic carbocycles. The summed E-state index contributed by atoms with van der Waals surface area (Å²) in [4.78, 5) is 18.1. The van der Waals surface area contributed by atoms with Crippen LogP contribution in [0, 0.1) is 0 Å². The summed E-state index contributed by atoms with van der Waals surface area (Å²) in [7, 11) is 0. The molecule has 0 unspecified atom stereocenters. The first-order valence-corrected chi connectivity index (χ1v) is 3.65. The van der Waals surface area contributed by atoms with Crippen molar-refractivity contribution in [2.45, 2.75) is 6.42 Å². The molecule has 0 atom stereocenters. The molecule has 0 amide bonds. The van der Waals surface area contributed by atoms with E-state index < -0.39 is 5.97 Å². The van der Waals surface area contributed by atoms with Gasteiger partial charge in [0.25, 0.3) is 0 Å². The van der Waals surface area contributed by atoms with E-state index in [0.29, 0.717) is 5.56 Å². The van der Waals surface area contributed by atoms with Gasteiger partial charge >= 0.3 is 5.97 Å². The third kappa shape index (κ3) is 2.35. The fraction of sp³-hybridized carbons (Fsp3) is 0.125. The van der Waals surface area contributed by atoms with Gasteiger partial charge in [0.05, 0.1) is 6.42 Å². The smallest absolute Gasteiger partial charge is 0.307 e. The number of hydrogen-bond acceptors (Lipinski definition) is 5. The predicted molar refractivity (Wildman–Crippen MR) is 44.3 cm³/mol. The van der Waals surface area contributed by atoms with Crippen molar-refractivity contribution >= 4 is 5.97 Å². The Bertz CT molecular complexity index is 335. The second-order valence-corrected chi connectivity index (χ2v) is 2.53. The second kappa shape index (κ2) is 4.45. The van der Waals surface area contributed by atoms with Crippen molar-refractivity contribution in [3.63, 3.8) is 0 Å². The maximum atomic E-state index is 10.3. The number of rotatable bonds is 4. The van der Waals surface area contributed by atoms with Crippen molar-refractivity contribution in [1.29, 1.82) is 0 Å². The van der Waals surface area contributed by atoms with E-state index in [1.165, 1.54) is 18.2 Å². The van der Waals surface area contributed by atoms with Crippen molar-refractivity contribution in [2.24, 2.45) is 0 Å². The molecule has 0 spiro atoms. The van der Waals surface area contributed by atoms with Crippen LogP contribution in [0.4, 0.5) is 0 Å². The van der Waals surface area contributed by atoms with Crippen molar-refractivity contribution in [3.05, 3.63) is 23.8 Å². The molecular formula is C8H8O6. The van der Waals surface area contributed by atoms with Gasteiger partial charge in [0.15, 0.2) is 0 Å². The van der Waals surface area contributed by atoms with Gasteiger partial charge in [0, 0.05) is 0 Å². The van der Waals surface area contributed by atoms with Crippen LogP contribution in [0.3, 0.4) is 0 Å². The Morgan fingerprint density at radius 2 is 1.86 bits per heavy atom. The fourth-order valence-electron chi connectivity index (χ4n) is 0.984. The molecule has 0 saturated carbocycles. The average molecular weight is 200 g/mol. The Balaban J connectivity index is 2.95. The lowest BCUT2D eigenvalue weighted by atomic mass is 10.1. The molecule has 0 aliphatic heterocycles. The molecule has 6 nitrogen and oxygen atoms in total. The van der Waals surface area contributed by atoms with E-state index in [1.54, 1.807) is 0 Å². The van der Waals surface area contributed by atoms with E-state index >= 15 is 0 Å². The van der Waals surface area contributed by atoms with Gasteiger partial charge in [-0.25, -0.2) is 10.5 Å². The van der Waals surface area contributed by atoms with Gasteiger partial charge in [0.1, 0.15) is 0 Å². The zero-order valence-electron chi connectivity index (χ0n) is 7.01. The molecule has 0 saturated heterocycles. The number of carboxylic acid groups (broad SMARTS) is 1. The Morgan fingerprint density at radius 3 is 2.36 bits per heavy atom. The van der Waals surface area contributed by atoms with Crippen molar-refractivity contribution < 1.29 is 30.2 Å². The standard InChI is InChI=1S/C8H8O6/c9-8(10)4-5-1-2-6(13-11)7(3-5)14-12/h1-3,11-12H,4H2,(H,9,10). The van der Waals surface area contributed by atoms with Gasteiger partial charge < -0.3 is 14.9 Å². The highest BCUT2D eigenvalue weighted by Gasteiger charge is 2.09. The van der Waals surface area contributed by atoms with E-state index in [9.17, 15) is 4.79 Å². The van der Waals surface area contributed by atoms with Crippen LogP contribution in [0.2, 0.25) is 0 Å². The van der Waals surface area contributed by atoms with Gasteiger partial charge in [0.2, 0.25) is 11.5 Å². The minimum atomic E-state index is -1.01. The number of benzene rings is 1. The molecule has 0 fully saturated rings. The van der Waals surface area contributed by atoms with Gasteiger partial charge in [-0.3, -0.25) is 4.79 Å². The molecule has 3 N–H and O–H groups in total. The molecule has 76 valence electrons. The molecule has 0 bridgehead atoms. The normalized spacial score (nSPS) is 9.57. The summed E-state index contributed by atoms with van der Waals surface area (Å²) in [6.07, 6.45) is -0.206. The van der Waals surface area contributed by atoms with E-state index in [4.69, 9.17) is 15.6 Å². The number of hydrogen-bond donors (Lipinski definition) is 3. The number of carbonyl (C=O) groups is 1. The van der Waals surface area contributed by atoms with Crippen molar-refractivity contribution in [3.8, 4) is 11.5 Å². The fourth-order valence-corrected chi connectivity index (χ4v) is 0.984. The molecule has 0 aromatic heterocycles.